The highest BCUT2D eigenvalue weighted by molar-refractivity contribution is 6.05. The maximum atomic E-state index is 13.3. The van der Waals surface area contributed by atoms with Crippen molar-refractivity contribution >= 4 is 28.2 Å². The number of nitrogens with zero attached hydrogens (tertiary/aromatic N) is 3. The van der Waals surface area contributed by atoms with E-state index in [9.17, 15) is 24.1 Å². The van der Waals surface area contributed by atoms with Gasteiger partial charge in [0.2, 0.25) is 5.43 Å². The van der Waals surface area contributed by atoms with E-state index in [-0.39, 0.29) is 29.0 Å². The molecule has 0 radical (unpaired) electrons. The second-order valence-electron chi connectivity index (χ2n) is 6.78. The molecule has 1 N–H and O–H groups in total. The van der Waals surface area contributed by atoms with Crippen molar-refractivity contribution in [3.05, 3.63) is 110 Å². The second kappa shape index (κ2) is 8.15. The molecule has 4 rings (SSSR count). The quantitative estimate of drug-likeness (QED) is 0.392. The number of fused-ring (bicyclic) bond motifs is 1. The standard InChI is InChI=1S/C22H15FN4O4/c23-15-5-3-14(4-6-15)12-26-13-19(22(29)25-16-2-1-9-24-11-16)21(28)18-10-17(27(30)31)7-8-20(18)26/h1-11,13H,12H2,(H,25,29). The Bertz CT molecular complexity index is 1350. The van der Waals surface area contributed by atoms with Crippen LogP contribution >= 0.6 is 0 Å². The number of benzene rings is 2. The van der Waals surface area contributed by atoms with Crippen LogP contribution in [0.4, 0.5) is 15.8 Å². The third-order valence-corrected chi connectivity index (χ3v) is 4.70. The largest absolute Gasteiger partial charge is 0.342 e. The lowest BCUT2D eigenvalue weighted by molar-refractivity contribution is -0.384. The van der Waals surface area contributed by atoms with Crippen molar-refractivity contribution < 1.29 is 14.1 Å². The molecule has 0 atom stereocenters. The number of anilines is 1. The van der Waals surface area contributed by atoms with Crippen LogP contribution in [0, 0.1) is 15.9 Å². The molecular weight excluding hydrogens is 403 g/mol. The minimum absolute atomic E-state index is 0.0372. The molecule has 2 heterocycles. The van der Waals surface area contributed by atoms with Gasteiger partial charge >= 0.3 is 0 Å². The minimum Gasteiger partial charge on any atom is -0.342 e. The fourth-order valence-corrected chi connectivity index (χ4v) is 3.21. The van der Waals surface area contributed by atoms with E-state index in [0.717, 1.165) is 11.6 Å². The molecule has 31 heavy (non-hydrogen) atoms. The van der Waals surface area contributed by atoms with Gasteiger partial charge < -0.3 is 9.88 Å². The molecule has 0 aliphatic heterocycles. The van der Waals surface area contributed by atoms with Crippen molar-refractivity contribution in [3.63, 3.8) is 0 Å². The van der Waals surface area contributed by atoms with Gasteiger partial charge in [-0.05, 0) is 35.9 Å². The van der Waals surface area contributed by atoms with Gasteiger partial charge in [0.05, 0.1) is 27.7 Å². The Balaban J connectivity index is 1.85. The van der Waals surface area contributed by atoms with Gasteiger partial charge in [-0.15, -0.1) is 0 Å². The Kier molecular flexibility index (Phi) is 5.23. The first kappa shape index (κ1) is 19.9. The first-order chi connectivity index (χ1) is 14.9. The van der Waals surface area contributed by atoms with Crippen molar-refractivity contribution in [2.24, 2.45) is 0 Å². The topological polar surface area (TPSA) is 107 Å². The van der Waals surface area contributed by atoms with Crippen molar-refractivity contribution in [1.82, 2.24) is 9.55 Å². The number of hydrogen-bond acceptors (Lipinski definition) is 5. The molecule has 0 saturated heterocycles. The van der Waals surface area contributed by atoms with Gasteiger partial charge in [0.15, 0.2) is 0 Å². The van der Waals surface area contributed by atoms with E-state index in [0.29, 0.717) is 11.2 Å². The highest BCUT2D eigenvalue weighted by Gasteiger charge is 2.18. The molecule has 0 saturated carbocycles. The molecule has 9 heteroatoms. The van der Waals surface area contributed by atoms with Crippen LogP contribution in [0.3, 0.4) is 0 Å². The van der Waals surface area contributed by atoms with Gasteiger partial charge in [-0.2, -0.15) is 0 Å². The third-order valence-electron chi connectivity index (χ3n) is 4.70. The minimum atomic E-state index is -0.667. The molecule has 0 aliphatic rings. The molecule has 154 valence electrons. The summed E-state index contributed by atoms with van der Waals surface area (Å²) in [4.78, 5) is 40.3. The molecule has 0 spiro atoms. The number of halogens is 1. The number of nitro benzene ring substituents is 1. The summed E-state index contributed by atoms with van der Waals surface area (Å²) in [6, 6.07) is 12.9. The van der Waals surface area contributed by atoms with Gasteiger partial charge in [-0.25, -0.2) is 4.39 Å². The number of carbonyl (C=O) groups excluding carboxylic acids is 1. The molecule has 1 amide bonds. The molecular formula is C22H15FN4O4. The lowest BCUT2D eigenvalue weighted by Crippen LogP contribution is -2.24. The van der Waals surface area contributed by atoms with Crippen LogP contribution in [0.1, 0.15) is 15.9 Å². The van der Waals surface area contributed by atoms with Crippen molar-refractivity contribution in [3.8, 4) is 0 Å². The molecule has 4 aromatic rings. The Morgan fingerprint density at radius 1 is 1.16 bits per heavy atom. The fourth-order valence-electron chi connectivity index (χ4n) is 3.21. The fraction of sp³-hybridized carbons (Fsp3) is 0.0455. The molecule has 0 unspecified atom stereocenters. The Morgan fingerprint density at radius 2 is 1.94 bits per heavy atom. The van der Waals surface area contributed by atoms with Crippen LogP contribution in [0.2, 0.25) is 0 Å². The highest BCUT2D eigenvalue weighted by atomic mass is 19.1. The van der Waals surface area contributed by atoms with E-state index in [1.165, 1.54) is 36.7 Å². The van der Waals surface area contributed by atoms with Crippen molar-refractivity contribution in [2.45, 2.75) is 6.54 Å². The predicted octanol–water partition coefficient (Wildman–Crippen LogP) is 3.74. The van der Waals surface area contributed by atoms with E-state index in [1.54, 1.807) is 35.0 Å². The van der Waals surface area contributed by atoms with E-state index >= 15 is 0 Å². The Hall–Kier alpha value is -4.40. The summed E-state index contributed by atoms with van der Waals surface area (Å²) < 4.78 is 14.9. The molecule has 2 aromatic carbocycles. The van der Waals surface area contributed by atoms with Gasteiger partial charge in [0, 0.05) is 31.1 Å². The van der Waals surface area contributed by atoms with Gasteiger partial charge in [0.1, 0.15) is 11.4 Å². The maximum Gasteiger partial charge on any atom is 0.270 e. The van der Waals surface area contributed by atoms with Crippen LogP contribution in [-0.4, -0.2) is 20.4 Å². The average molecular weight is 418 g/mol. The van der Waals surface area contributed by atoms with Crippen LogP contribution < -0.4 is 10.7 Å². The van der Waals surface area contributed by atoms with Crippen molar-refractivity contribution in [2.75, 3.05) is 5.32 Å². The number of non-ortho nitro benzene ring substituents is 1. The summed E-state index contributed by atoms with van der Waals surface area (Å²) in [5.41, 5.74) is 0.467. The number of pyridine rings is 2. The summed E-state index contributed by atoms with van der Waals surface area (Å²) in [5.74, 6) is -1.06. The number of rotatable bonds is 5. The van der Waals surface area contributed by atoms with Gasteiger partial charge in [-0.1, -0.05) is 12.1 Å². The SMILES string of the molecule is O=C(Nc1cccnc1)c1cn(Cc2ccc(F)cc2)c2ccc([N+](=O)[O-])cc2c1=O. The summed E-state index contributed by atoms with van der Waals surface area (Å²) in [5, 5.41) is 13.8. The number of nitrogens with one attached hydrogen (secondary N) is 1. The van der Waals surface area contributed by atoms with Crippen LogP contribution in [0.15, 0.2) is 78.0 Å². The van der Waals surface area contributed by atoms with E-state index in [4.69, 9.17) is 0 Å². The normalized spacial score (nSPS) is 10.7. The number of aromatic nitrogens is 2. The number of hydrogen-bond donors (Lipinski definition) is 1. The first-order valence-electron chi connectivity index (χ1n) is 9.20. The molecule has 8 nitrogen and oxygen atoms in total. The monoisotopic (exact) mass is 418 g/mol. The number of amides is 1. The van der Waals surface area contributed by atoms with Crippen LogP contribution in [0.5, 0.6) is 0 Å². The smallest absolute Gasteiger partial charge is 0.270 e. The first-order valence-corrected chi connectivity index (χ1v) is 9.20. The zero-order valence-electron chi connectivity index (χ0n) is 16.0. The van der Waals surface area contributed by atoms with Crippen LogP contribution in [0.25, 0.3) is 10.9 Å². The summed E-state index contributed by atoms with van der Waals surface area (Å²) in [6.45, 7) is 0.224. The van der Waals surface area contributed by atoms with E-state index in [2.05, 4.69) is 10.3 Å². The lowest BCUT2D eigenvalue weighted by Gasteiger charge is -2.14. The van der Waals surface area contributed by atoms with Gasteiger partial charge in [0.25, 0.3) is 11.6 Å². The zero-order valence-corrected chi connectivity index (χ0v) is 16.0. The second-order valence-corrected chi connectivity index (χ2v) is 6.78. The van der Waals surface area contributed by atoms with E-state index in [1.807, 2.05) is 0 Å². The molecule has 0 aliphatic carbocycles. The molecule has 0 fully saturated rings. The summed E-state index contributed by atoms with van der Waals surface area (Å²) in [7, 11) is 0. The highest BCUT2D eigenvalue weighted by Crippen LogP contribution is 2.21. The number of nitro groups is 1. The third kappa shape index (κ3) is 4.15. The molecule has 0 bridgehead atoms. The zero-order chi connectivity index (χ0) is 22.0. The van der Waals surface area contributed by atoms with E-state index < -0.39 is 16.3 Å². The Labute approximate surface area is 174 Å². The number of carbonyl (C=O) groups is 1. The van der Waals surface area contributed by atoms with Crippen molar-refractivity contribution in [1.29, 1.82) is 0 Å². The average Bonchev–Trinajstić information content (AvgIpc) is 2.77. The van der Waals surface area contributed by atoms with Gasteiger partial charge in [-0.3, -0.25) is 24.7 Å². The lowest BCUT2D eigenvalue weighted by atomic mass is 10.1. The Morgan fingerprint density at radius 3 is 2.61 bits per heavy atom. The van der Waals surface area contributed by atoms with Crippen LogP contribution in [-0.2, 0) is 6.54 Å². The summed E-state index contributed by atoms with van der Waals surface area (Å²) in [6.07, 6.45) is 4.37. The predicted molar refractivity (Wildman–Crippen MR) is 113 cm³/mol. The summed E-state index contributed by atoms with van der Waals surface area (Å²) >= 11 is 0. The molecule has 2 aromatic heterocycles. The maximum absolute atomic E-state index is 13.3.